The third-order valence-electron chi connectivity index (χ3n) is 12.8. The molecule has 0 saturated heterocycles. The van der Waals surface area contributed by atoms with E-state index >= 15 is 4.39 Å². The largest absolute Gasteiger partial charge is 0.468 e. The van der Waals surface area contributed by atoms with Gasteiger partial charge < -0.3 is 29.8 Å². The molecule has 0 spiro atoms. The molecule has 10 nitrogen and oxygen atoms in total. The summed E-state index contributed by atoms with van der Waals surface area (Å²) < 4.78 is 40.9. The zero-order valence-electron chi connectivity index (χ0n) is 32.0. The van der Waals surface area contributed by atoms with Gasteiger partial charge in [0.15, 0.2) is 23.8 Å². The molecule has 3 saturated carbocycles. The van der Waals surface area contributed by atoms with Crippen LogP contribution in [0.15, 0.2) is 48.1 Å². The molecule has 9 atom stereocenters. The van der Waals surface area contributed by atoms with Crippen LogP contribution in [0.1, 0.15) is 104 Å². The van der Waals surface area contributed by atoms with E-state index in [2.05, 4.69) is 6.92 Å². The summed E-state index contributed by atoms with van der Waals surface area (Å²) in [6, 6.07) is 6.24. The fourth-order valence-corrected chi connectivity index (χ4v) is 9.99. The third kappa shape index (κ3) is 7.50. The Labute approximate surface area is 313 Å². The van der Waals surface area contributed by atoms with Crippen LogP contribution in [-0.2, 0) is 39.8 Å². The Bertz CT molecular complexity index is 1580. The quantitative estimate of drug-likeness (QED) is 0.106. The van der Waals surface area contributed by atoms with Gasteiger partial charge in [0.2, 0.25) is 5.78 Å². The van der Waals surface area contributed by atoms with Crippen molar-refractivity contribution in [3.63, 3.8) is 0 Å². The molecule has 0 aliphatic heterocycles. The van der Waals surface area contributed by atoms with Crippen LogP contribution < -0.4 is 10.5 Å². The first-order valence-corrected chi connectivity index (χ1v) is 19.5. The maximum absolute atomic E-state index is 17.8. The number of rotatable bonds is 17. The number of carbonyl (C=O) groups is 4. The highest BCUT2D eigenvalue weighted by atomic mass is 19.1. The van der Waals surface area contributed by atoms with Gasteiger partial charge in [0.1, 0.15) is 18.4 Å². The van der Waals surface area contributed by atoms with Gasteiger partial charge in [0.05, 0.1) is 12.7 Å². The lowest BCUT2D eigenvalue weighted by Gasteiger charge is -2.62. The standard InChI is InChI=1S/C42H58FNO9/c1-6-8-10-20-51-38(49)34(44)22-28-12-15-31(16-13-28)52-26-50-25-36(47)42(53-37(48)11-9-7-2)27(3)21-33-32-17-14-29-23-30(45)18-19-39(29,4)41(32,43)35(46)24-40(33,42)5/h12-13,15-16,18-19,23,27,32-35,46H,6-11,14,17,20-22,24-26,44H2,1-5H3. The predicted molar refractivity (Wildman–Crippen MR) is 196 cm³/mol. The number of benzene rings is 1. The molecule has 1 aromatic carbocycles. The van der Waals surface area contributed by atoms with E-state index in [9.17, 15) is 24.3 Å². The molecule has 5 rings (SSSR count). The van der Waals surface area contributed by atoms with Crippen molar-refractivity contribution in [1.29, 1.82) is 0 Å². The maximum atomic E-state index is 17.8. The summed E-state index contributed by atoms with van der Waals surface area (Å²) in [5.74, 6) is -2.60. The monoisotopic (exact) mass is 739 g/mol. The Morgan fingerprint density at radius 3 is 2.47 bits per heavy atom. The summed E-state index contributed by atoms with van der Waals surface area (Å²) >= 11 is 0. The van der Waals surface area contributed by atoms with Crippen molar-refractivity contribution in [3.05, 3.63) is 53.6 Å². The second kappa shape index (κ2) is 16.5. The van der Waals surface area contributed by atoms with Crippen molar-refractivity contribution in [1.82, 2.24) is 0 Å². The molecule has 3 N–H and O–H groups in total. The van der Waals surface area contributed by atoms with Crippen molar-refractivity contribution in [2.75, 3.05) is 20.0 Å². The normalized spacial score (nSPS) is 33.6. The molecule has 9 unspecified atom stereocenters. The molecule has 4 aliphatic carbocycles. The molecule has 0 aromatic heterocycles. The molecule has 3 fully saturated rings. The number of aliphatic hydroxyl groups excluding tert-OH is 1. The van der Waals surface area contributed by atoms with Crippen molar-refractivity contribution in [2.24, 2.45) is 34.3 Å². The number of hydrogen-bond acceptors (Lipinski definition) is 10. The average molecular weight is 740 g/mol. The van der Waals surface area contributed by atoms with E-state index in [0.717, 1.165) is 31.2 Å². The second-order valence-corrected chi connectivity index (χ2v) is 16.1. The van der Waals surface area contributed by atoms with Gasteiger partial charge in [0.25, 0.3) is 0 Å². The summed E-state index contributed by atoms with van der Waals surface area (Å²) in [6.07, 6.45) is 8.84. The Morgan fingerprint density at radius 2 is 1.77 bits per heavy atom. The summed E-state index contributed by atoms with van der Waals surface area (Å²) in [6.45, 7) is 9.20. The number of alkyl halides is 1. The van der Waals surface area contributed by atoms with Crippen molar-refractivity contribution in [3.8, 4) is 5.75 Å². The van der Waals surface area contributed by atoms with E-state index in [0.29, 0.717) is 50.0 Å². The number of unbranched alkanes of at least 4 members (excludes halogenated alkanes) is 3. The van der Waals surface area contributed by atoms with Crippen LogP contribution in [0.3, 0.4) is 0 Å². The van der Waals surface area contributed by atoms with E-state index in [-0.39, 0.29) is 31.3 Å². The van der Waals surface area contributed by atoms with Crippen molar-refractivity contribution >= 4 is 23.5 Å². The average Bonchev–Trinajstić information content (AvgIpc) is 3.34. The highest BCUT2D eigenvalue weighted by Gasteiger charge is 2.77. The minimum Gasteiger partial charge on any atom is -0.468 e. The molecule has 0 heterocycles. The summed E-state index contributed by atoms with van der Waals surface area (Å²) in [5.41, 5.74) is 1.56. The lowest BCUT2D eigenvalue weighted by atomic mass is 9.44. The Hall–Kier alpha value is -3.41. The molecule has 11 heteroatoms. The minimum absolute atomic E-state index is 0.102. The Balaban J connectivity index is 1.28. The van der Waals surface area contributed by atoms with Crippen LogP contribution in [0.5, 0.6) is 5.75 Å². The summed E-state index contributed by atoms with van der Waals surface area (Å²) in [7, 11) is 0. The molecular formula is C42H58FNO9. The number of Topliss-reactive ketones (excluding diaryl/α,β-unsaturated/α-hetero) is 1. The molecule has 0 radical (unpaired) electrons. The predicted octanol–water partition coefficient (Wildman–Crippen LogP) is 6.30. The van der Waals surface area contributed by atoms with Crippen LogP contribution in [0.2, 0.25) is 0 Å². The number of allylic oxidation sites excluding steroid dienone is 4. The van der Waals surface area contributed by atoms with Gasteiger partial charge in [-0.2, -0.15) is 0 Å². The van der Waals surface area contributed by atoms with Crippen LogP contribution in [-0.4, -0.2) is 72.0 Å². The second-order valence-electron chi connectivity index (χ2n) is 16.1. The van der Waals surface area contributed by atoms with Crippen LogP contribution in [0.25, 0.3) is 0 Å². The summed E-state index contributed by atoms with van der Waals surface area (Å²) in [4.78, 5) is 52.4. The number of carbonyl (C=O) groups excluding carboxylic acids is 4. The van der Waals surface area contributed by atoms with E-state index in [4.69, 9.17) is 24.7 Å². The van der Waals surface area contributed by atoms with E-state index < -0.39 is 70.4 Å². The Kier molecular flexibility index (Phi) is 12.7. The van der Waals surface area contributed by atoms with Gasteiger partial charge in [-0.25, -0.2) is 4.39 Å². The highest BCUT2D eigenvalue weighted by molar-refractivity contribution is 6.01. The Morgan fingerprint density at radius 1 is 1.06 bits per heavy atom. The van der Waals surface area contributed by atoms with Gasteiger partial charge in [0, 0.05) is 29.1 Å². The zero-order valence-corrected chi connectivity index (χ0v) is 32.0. The number of nitrogens with two attached hydrogens (primary N) is 1. The number of ether oxygens (including phenoxy) is 4. The minimum atomic E-state index is -2.08. The molecule has 4 aliphatic rings. The van der Waals surface area contributed by atoms with Gasteiger partial charge in [-0.3, -0.25) is 19.2 Å². The molecule has 0 bridgehead atoms. The molecular weight excluding hydrogens is 681 g/mol. The number of ketones is 2. The fraction of sp³-hybridized carbons (Fsp3) is 0.667. The first kappa shape index (κ1) is 40.8. The van der Waals surface area contributed by atoms with E-state index in [1.807, 2.05) is 20.8 Å². The lowest BCUT2D eigenvalue weighted by molar-refractivity contribution is -0.229. The number of aliphatic hydroxyl groups is 1. The number of halogens is 1. The first-order valence-electron chi connectivity index (χ1n) is 19.5. The highest BCUT2D eigenvalue weighted by Crippen LogP contribution is 2.71. The molecule has 292 valence electrons. The van der Waals surface area contributed by atoms with Gasteiger partial charge in [-0.1, -0.05) is 70.7 Å². The van der Waals surface area contributed by atoms with Crippen molar-refractivity contribution < 1.29 is 47.6 Å². The number of hydrogen-bond donors (Lipinski definition) is 2. The first-order chi connectivity index (χ1) is 25.2. The maximum Gasteiger partial charge on any atom is 0.323 e. The zero-order chi connectivity index (χ0) is 38.6. The number of esters is 2. The van der Waals surface area contributed by atoms with Crippen LogP contribution in [0.4, 0.5) is 4.39 Å². The molecule has 0 amide bonds. The number of fused-ring (bicyclic) bond motifs is 5. The SMILES string of the molecule is CCCCCOC(=O)C(N)Cc1ccc(OCOCC(=O)C2(OC(=O)CCCC)C(C)CC3C4CCC5=CC(=O)C=CC5(C)C4(F)C(O)CC32C)cc1. The van der Waals surface area contributed by atoms with Crippen LogP contribution in [0, 0.1) is 28.6 Å². The van der Waals surface area contributed by atoms with Gasteiger partial charge >= 0.3 is 11.9 Å². The fourth-order valence-electron chi connectivity index (χ4n) is 9.99. The van der Waals surface area contributed by atoms with Crippen molar-refractivity contribution in [2.45, 2.75) is 129 Å². The summed E-state index contributed by atoms with van der Waals surface area (Å²) in [5, 5.41) is 11.9. The van der Waals surface area contributed by atoms with E-state index in [1.54, 1.807) is 37.3 Å². The molecule has 1 aromatic rings. The third-order valence-corrected chi connectivity index (χ3v) is 12.8. The topological polar surface area (TPSA) is 151 Å². The molecule has 53 heavy (non-hydrogen) atoms. The smallest absolute Gasteiger partial charge is 0.323 e. The lowest BCUT2D eigenvalue weighted by Crippen LogP contribution is -2.70. The van der Waals surface area contributed by atoms with E-state index in [1.165, 1.54) is 12.2 Å². The van der Waals surface area contributed by atoms with Gasteiger partial charge in [-0.15, -0.1) is 0 Å². The van der Waals surface area contributed by atoms with Crippen LogP contribution >= 0.6 is 0 Å². The van der Waals surface area contributed by atoms with Gasteiger partial charge in [-0.05, 0) is 87.6 Å².